The summed E-state index contributed by atoms with van der Waals surface area (Å²) in [6, 6.07) is 8.73. The second kappa shape index (κ2) is 6.34. The van der Waals surface area contributed by atoms with E-state index in [-0.39, 0.29) is 0 Å². The van der Waals surface area contributed by atoms with E-state index in [0.717, 1.165) is 38.2 Å². The SMILES string of the molecule is CC[C@@]1(O)CCC[C@@H]2CN(Cc3ccc(-n4ccnc4)cc3)C[C@@H]21. The van der Waals surface area contributed by atoms with Crippen LogP contribution in [0.2, 0.25) is 0 Å². The highest BCUT2D eigenvalue weighted by atomic mass is 16.3. The maximum absolute atomic E-state index is 10.9. The molecule has 2 fully saturated rings. The number of nitrogens with zero attached hydrogens (tertiary/aromatic N) is 3. The molecule has 0 bridgehead atoms. The van der Waals surface area contributed by atoms with Gasteiger partial charge in [0.1, 0.15) is 0 Å². The lowest BCUT2D eigenvalue weighted by molar-refractivity contribution is -0.0613. The minimum absolute atomic E-state index is 0.428. The molecule has 1 saturated heterocycles. The molecule has 2 aliphatic rings. The predicted molar refractivity (Wildman–Crippen MR) is 94.9 cm³/mol. The molecule has 0 spiro atoms. The summed E-state index contributed by atoms with van der Waals surface area (Å²) in [4.78, 5) is 6.63. The van der Waals surface area contributed by atoms with Gasteiger partial charge in [-0.05, 0) is 42.9 Å². The maximum Gasteiger partial charge on any atom is 0.0991 e. The topological polar surface area (TPSA) is 41.3 Å². The number of aromatic nitrogens is 2. The van der Waals surface area contributed by atoms with Gasteiger partial charge in [-0.15, -0.1) is 0 Å². The van der Waals surface area contributed by atoms with E-state index in [9.17, 15) is 5.11 Å². The molecule has 4 rings (SSSR count). The van der Waals surface area contributed by atoms with Crippen LogP contribution < -0.4 is 0 Å². The first-order valence-corrected chi connectivity index (χ1v) is 9.20. The number of fused-ring (bicyclic) bond motifs is 1. The first-order valence-electron chi connectivity index (χ1n) is 9.20. The average Bonchev–Trinajstić information content (AvgIpc) is 3.26. The highest BCUT2D eigenvalue weighted by Gasteiger charge is 2.47. The molecule has 0 unspecified atom stereocenters. The van der Waals surface area contributed by atoms with Crippen molar-refractivity contribution >= 4 is 0 Å². The Bertz CT molecular complexity index is 667. The predicted octanol–water partition coefficient (Wildman–Crippen LogP) is 3.25. The molecule has 4 nitrogen and oxygen atoms in total. The molecule has 24 heavy (non-hydrogen) atoms. The quantitative estimate of drug-likeness (QED) is 0.938. The Labute approximate surface area is 144 Å². The lowest BCUT2D eigenvalue weighted by atomic mass is 9.69. The minimum Gasteiger partial charge on any atom is -0.390 e. The fraction of sp³-hybridized carbons (Fsp3) is 0.550. The molecule has 1 N–H and O–H groups in total. The second-order valence-electron chi connectivity index (χ2n) is 7.55. The van der Waals surface area contributed by atoms with Gasteiger partial charge in [0.15, 0.2) is 0 Å². The molecule has 1 aromatic heterocycles. The van der Waals surface area contributed by atoms with E-state index in [0.29, 0.717) is 11.8 Å². The fourth-order valence-corrected chi connectivity index (χ4v) is 4.73. The van der Waals surface area contributed by atoms with Crippen LogP contribution in [-0.4, -0.2) is 38.2 Å². The van der Waals surface area contributed by atoms with Crippen molar-refractivity contribution in [2.45, 2.75) is 44.8 Å². The van der Waals surface area contributed by atoms with Gasteiger partial charge in [0.2, 0.25) is 0 Å². The van der Waals surface area contributed by atoms with E-state index < -0.39 is 5.60 Å². The van der Waals surface area contributed by atoms with E-state index in [1.807, 2.05) is 17.1 Å². The molecule has 4 heteroatoms. The van der Waals surface area contributed by atoms with Gasteiger partial charge < -0.3 is 9.67 Å². The average molecular weight is 325 g/mol. The molecule has 2 heterocycles. The molecule has 128 valence electrons. The smallest absolute Gasteiger partial charge is 0.0991 e. The van der Waals surface area contributed by atoms with Gasteiger partial charge in [-0.2, -0.15) is 0 Å². The van der Waals surface area contributed by atoms with Gasteiger partial charge in [0.05, 0.1) is 11.9 Å². The van der Waals surface area contributed by atoms with Crippen molar-refractivity contribution in [2.24, 2.45) is 11.8 Å². The largest absolute Gasteiger partial charge is 0.390 e. The van der Waals surface area contributed by atoms with Gasteiger partial charge in [-0.1, -0.05) is 25.5 Å². The normalized spacial score (nSPS) is 30.4. The molecule has 1 aromatic carbocycles. The number of hydrogen-bond donors (Lipinski definition) is 1. The van der Waals surface area contributed by atoms with Crippen LogP contribution in [0.3, 0.4) is 0 Å². The summed E-state index contributed by atoms with van der Waals surface area (Å²) in [5, 5.41) is 10.9. The van der Waals surface area contributed by atoms with Crippen molar-refractivity contribution in [3.63, 3.8) is 0 Å². The highest BCUT2D eigenvalue weighted by molar-refractivity contribution is 5.34. The number of hydrogen-bond acceptors (Lipinski definition) is 3. The maximum atomic E-state index is 10.9. The first-order chi connectivity index (χ1) is 11.7. The van der Waals surface area contributed by atoms with Crippen LogP contribution in [0.5, 0.6) is 0 Å². The van der Waals surface area contributed by atoms with Crippen molar-refractivity contribution < 1.29 is 5.11 Å². The van der Waals surface area contributed by atoms with Crippen LogP contribution in [0.1, 0.15) is 38.2 Å². The molecule has 1 aliphatic heterocycles. The zero-order valence-corrected chi connectivity index (χ0v) is 14.4. The molecule has 2 aromatic rings. The monoisotopic (exact) mass is 325 g/mol. The highest BCUT2D eigenvalue weighted by Crippen LogP contribution is 2.44. The molecule has 1 saturated carbocycles. The Kier molecular flexibility index (Phi) is 4.19. The summed E-state index contributed by atoms with van der Waals surface area (Å²) in [6.45, 7) is 5.30. The standard InChI is InChI=1S/C20H27N3O/c1-2-20(24)9-3-4-17-13-22(14-19(17)20)12-16-5-7-18(8-6-16)23-11-10-21-15-23/h5-8,10-11,15,17,19,24H,2-4,9,12-14H2,1H3/t17-,19+,20-/m1/s1. The Balaban J connectivity index is 1.43. The van der Waals surface area contributed by atoms with E-state index in [1.165, 1.54) is 18.4 Å². The summed E-state index contributed by atoms with van der Waals surface area (Å²) in [7, 11) is 0. The molecule has 1 aliphatic carbocycles. The Hall–Kier alpha value is -1.65. The van der Waals surface area contributed by atoms with E-state index in [2.05, 4.69) is 41.1 Å². The molecule has 0 amide bonds. The number of benzene rings is 1. The van der Waals surface area contributed by atoms with Gasteiger partial charge in [-0.3, -0.25) is 4.90 Å². The Morgan fingerprint density at radius 3 is 2.79 bits per heavy atom. The van der Waals surface area contributed by atoms with Gasteiger partial charge in [0, 0.05) is 43.6 Å². The third-order valence-corrected chi connectivity index (χ3v) is 6.15. The van der Waals surface area contributed by atoms with Crippen LogP contribution >= 0.6 is 0 Å². The first kappa shape index (κ1) is 15.9. The summed E-state index contributed by atoms with van der Waals surface area (Å²) in [5.74, 6) is 1.13. The number of likely N-dealkylation sites (tertiary alicyclic amines) is 1. The van der Waals surface area contributed by atoms with E-state index >= 15 is 0 Å². The summed E-state index contributed by atoms with van der Waals surface area (Å²) >= 11 is 0. The van der Waals surface area contributed by atoms with E-state index in [4.69, 9.17) is 0 Å². The number of imidazole rings is 1. The van der Waals surface area contributed by atoms with Crippen molar-refractivity contribution in [3.05, 3.63) is 48.5 Å². The van der Waals surface area contributed by atoms with Crippen LogP contribution in [-0.2, 0) is 6.54 Å². The van der Waals surface area contributed by atoms with Crippen molar-refractivity contribution in [2.75, 3.05) is 13.1 Å². The molecular formula is C20H27N3O. The zero-order valence-electron chi connectivity index (χ0n) is 14.4. The minimum atomic E-state index is -0.428. The van der Waals surface area contributed by atoms with E-state index in [1.54, 1.807) is 6.20 Å². The van der Waals surface area contributed by atoms with Crippen molar-refractivity contribution in [1.82, 2.24) is 14.5 Å². The van der Waals surface area contributed by atoms with Crippen molar-refractivity contribution in [3.8, 4) is 5.69 Å². The summed E-state index contributed by atoms with van der Waals surface area (Å²) in [5.41, 5.74) is 2.06. The molecule has 3 atom stereocenters. The van der Waals surface area contributed by atoms with Gasteiger partial charge in [0.25, 0.3) is 0 Å². The summed E-state index contributed by atoms with van der Waals surface area (Å²) in [6.07, 6.45) is 9.92. The van der Waals surface area contributed by atoms with Crippen LogP contribution in [0, 0.1) is 11.8 Å². The lowest BCUT2D eigenvalue weighted by Crippen LogP contribution is -2.44. The Morgan fingerprint density at radius 1 is 1.25 bits per heavy atom. The van der Waals surface area contributed by atoms with Crippen LogP contribution in [0.25, 0.3) is 5.69 Å². The number of rotatable bonds is 4. The third kappa shape index (κ3) is 2.89. The fourth-order valence-electron chi connectivity index (χ4n) is 4.73. The third-order valence-electron chi connectivity index (χ3n) is 6.15. The van der Waals surface area contributed by atoms with Gasteiger partial charge >= 0.3 is 0 Å². The van der Waals surface area contributed by atoms with Gasteiger partial charge in [-0.25, -0.2) is 4.98 Å². The molecule has 0 radical (unpaired) electrons. The van der Waals surface area contributed by atoms with Crippen molar-refractivity contribution in [1.29, 1.82) is 0 Å². The Morgan fingerprint density at radius 2 is 2.08 bits per heavy atom. The lowest BCUT2D eigenvalue weighted by Gasteiger charge is -2.40. The summed E-state index contributed by atoms with van der Waals surface area (Å²) < 4.78 is 2.02. The van der Waals surface area contributed by atoms with Crippen LogP contribution in [0.15, 0.2) is 43.0 Å². The van der Waals surface area contributed by atoms with Crippen LogP contribution in [0.4, 0.5) is 0 Å². The molecular weight excluding hydrogens is 298 g/mol. The zero-order chi connectivity index (χ0) is 16.6. The number of aliphatic hydroxyl groups is 1. The second-order valence-corrected chi connectivity index (χ2v) is 7.55.